The molecular formula is C26H27ClN4O5. The van der Waals surface area contributed by atoms with Gasteiger partial charge in [-0.2, -0.15) is 0 Å². The molecule has 0 aliphatic carbocycles. The van der Waals surface area contributed by atoms with Crippen LogP contribution in [0.5, 0.6) is 5.75 Å². The number of halogens is 1. The van der Waals surface area contributed by atoms with E-state index in [2.05, 4.69) is 10.3 Å². The standard InChI is InChI=1S/C25H23ClN4O5.CH4/c1-2-34-23(32)14-35-19-9-10-21(30-25(33)16-5-3-15(4-6-16)24(27)28)20(12-19)22(31)11-18-8-7-17(26)13-29-18;/h3-10,12-13H,2,11,14H2,1H3,(H3,27,28)(H,30,33);1H4. The topological polar surface area (TPSA) is 144 Å². The second-order valence-electron chi connectivity index (χ2n) is 7.31. The number of rotatable bonds is 10. The maximum absolute atomic E-state index is 13.1. The predicted octanol–water partition coefficient (Wildman–Crippen LogP) is 4.27. The van der Waals surface area contributed by atoms with E-state index in [4.69, 9.17) is 32.2 Å². The molecule has 0 saturated carbocycles. The Morgan fingerprint density at radius 2 is 1.75 bits per heavy atom. The molecule has 10 heteroatoms. The molecule has 4 N–H and O–H groups in total. The van der Waals surface area contributed by atoms with Crippen molar-refractivity contribution >= 4 is 40.8 Å². The number of pyridine rings is 1. The summed E-state index contributed by atoms with van der Waals surface area (Å²) in [7, 11) is 0. The van der Waals surface area contributed by atoms with E-state index < -0.39 is 11.9 Å². The number of amides is 1. The third kappa shape index (κ3) is 7.64. The van der Waals surface area contributed by atoms with Gasteiger partial charge in [0.05, 0.1) is 23.7 Å². The van der Waals surface area contributed by atoms with Crippen molar-refractivity contribution in [3.8, 4) is 5.75 Å². The number of nitrogens with two attached hydrogens (primary N) is 1. The van der Waals surface area contributed by atoms with E-state index in [1.807, 2.05) is 0 Å². The first-order valence-corrected chi connectivity index (χ1v) is 11.0. The number of ether oxygens (including phenoxy) is 2. The Morgan fingerprint density at radius 1 is 1.06 bits per heavy atom. The van der Waals surface area contributed by atoms with Gasteiger partial charge in [0.1, 0.15) is 11.6 Å². The molecule has 0 aliphatic rings. The van der Waals surface area contributed by atoms with Crippen molar-refractivity contribution in [2.24, 2.45) is 5.73 Å². The zero-order valence-electron chi connectivity index (χ0n) is 18.8. The van der Waals surface area contributed by atoms with Gasteiger partial charge in [-0.05, 0) is 49.4 Å². The van der Waals surface area contributed by atoms with E-state index in [0.29, 0.717) is 21.8 Å². The number of anilines is 1. The molecule has 0 radical (unpaired) electrons. The van der Waals surface area contributed by atoms with Crippen LogP contribution in [0, 0.1) is 5.41 Å². The Labute approximate surface area is 214 Å². The molecule has 0 spiro atoms. The number of amidine groups is 1. The first-order valence-electron chi connectivity index (χ1n) is 10.6. The zero-order chi connectivity index (χ0) is 25.4. The monoisotopic (exact) mass is 510 g/mol. The second kappa shape index (κ2) is 13.0. The van der Waals surface area contributed by atoms with Crippen LogP contribution in [0.2, 0.25) is 5.02 Å². The minimum Gasteiger partial charge on any atom is -0.482 e. The quantitative estimate of drug-likeness (QED) is 0.160. The third-order valence-corrected chi connectivity index (χ3v) is 5.01. The summed E-state index contributed by atoms with van der Waals surface area (Å²) in [5.74, 6) is -1.19. The molecule has 1 aromatic heterocycles. The fourth-order valence-corrected chi connectivity index (χ4v) is 3.18. The summed E-state index contributed by atoms with van der Waals surface area (Å²) >= 11 is 5.87. The highest BCUT2D eigenvalue weighted by atomic mass is 35.5. The number of nitrogens with zero attached hydrogens (tertiary/aromatic N) is 1. The number of hydrogen-bond donors (Lipinski definition) is 3. The van der Waals surface area contributed by atoms with Crippen LogP contribution in [0.15, 0.2) is 60.8 Å². The summed E-state index contributed by atoms with van der Waals surface area (Å²) < 4.78 is 10.3. The lowest BCUT2D eigenvalue weighted by atomic mass is 10.0. The van der Waals surface area contributed by atoms with Gasteiger partial charge in [0.2, 0.25) is 0 Å². The fraction of sp³-hybridized carbons (Fsp3) is 0.192. The Morgan fingerprint density at radius 3 is 2.36 bits per heavy atom. The van der Waals surface area contributed by atoms with E-state index in [9.17, 15) is 14.4 Å². The van der Waals surface area contributed by atoms with Gasteiger partial charge in [0.15, 0.2) is 12.4 Å². The zero-order valence-corrected chi connectivity index (χ0v) is 19.6. The number of carbonyl (C=O) groups is 3. The molecule has 3 aromatic rings. The van der Waals surface area contributed by atoms with Crippen molar-refractivity contribution in [3.05, 3.63) is 88.2 Å². The molecule has 0 saturated heterocycles. The molecule has 188 valence electrons. The van der Waals surface area contributed by atoms with E-state index in [-0.39, 0.29) is 55.7 Å². The highest BCUT2D eigenvalue weighted by molar-refractivity contribution is 6.30. The summed E-state index contributed by atoms with van der Waals surface area (Å²) in [6.07, 6.45) is 1.39. The number of ketones is 1. The Bertz CT molecular complexity index is 1240. The predicted molar refractivity (Wildman–Crippen MR) is 138 cm³/mol. The summed E-state index contributed by atoms with van der Waals surface area (Å²) in [6, 6.07) is 13.9. The van der Waals surface area contributed by atoms with Crippen LogP contribution in [-0.2, 0) is 16.0 Å². The van der Waals surface area contributed by atoms with Crippen LogP contribution in [0.25, 0.3) is 0 Å². The first-order chi connectivity index (χ1) is 16.8. The average Bonchev–Trinajstić information content (AvgIpc) is 2.85. The van der Waals surface area contributed by atoms with Gasteiger partial charge in [-0.15, -0.1) is 0 Å². The van der Waals surface area contributed by atoms with Gasteiger partial charge in [-0.1, -0.05) is 31.2 Å². The number of nitrogen functional groups attached to an aromatic ring is 1. The lowest BCUT2D eigenvalue weighted by molar-refractivity contribution is -0.145. The molecular weight excluding hydrogens is 484 g/mol. The van der Waals surface area contributed by atoms with Crippen molar-refractivity contribution in [3.63, 3.8) is 0 Å². The molecule has 0 bridgehead atoms. The molecule has 0 unspecified atom stereocenters. The number of aromatic nitrogens is 1. The largest absolute Gasteiger partial charge is 0.482 e. The van der Waals surface area contributed by atoms with Crippen LogP contribution in [0.4, 0.5) is 5.69 Å². The SMILES string of the molecule is C.CCOC(=O)COc1ccc(NC(=O)c2ccc(C(=N)N)cc2)c(C(=O)Cc2ccc(Cl)cn2)c1. The van der Waals surface area contributed by atoms with E-state index in [0.717, 1.165) is 0 Å². The average molecular weight is 511 g/mol. The van der Waals surface area contributed by atoms with Gasteiger partial charge in [0.25, 0.3) is 5.91 Å². The van der Waals surface area contributed by atoms with Crippen molar-refractivity contribution in [1.82, 2.24) is 4.98 Å². The van der Waals surface area contributed by atoms with Gasteiger partial charge in [0, 0.05) is 28.6 Å². The van der Waals surface area contributed by atoms with Crippen molar-refractivity contribution in [1.29, 1.82) is 5.41 Å². The highest BCUT2D eigenvalue weighted by Crippen LogP contribution is 2.25. The minimum absolute atomic E-state index is 0. The molecule has 0 fully saturated rings. The number of esters is 1. The third-order valence-electron chi connectivity index (χ3n) is 4.79. The smallest absolute Gasteiger partial charge is 0.344 e. The van der Waals surface area contributed by atoms with Gasteiger partial charge < -0.3 is 20.5 Å². The lowest BCUT2D eigenvalue weighted by Gasteiger charge is -2.13. The molecule has 0 aliphatic heterocycles. The van der Waals surface area contributed by atoms with E-state index in [1.54, 1.807) is 31.2 Å². The molecule has 2 aromatic carbocycles. The van der Waals surface area contributed by atoms with Crippen LogP contribution in [0.3, 0.4) is 0 Å². The molecule has 36 heavy (non-hydrogen) atoms. The number of benzene rings is 2. The normalized spacial score (nSPS) is 10.1. The fourth-order valence-electron chi connectivity index (χ4n) is 3.06. The van der Waals surface area contributed by atoms with Gasteiger partial charge >= 0.3 is 5.97 Å². The maximum Gasteiger partial charge on any atom is 0.344 e. The molecule has 9 nitrogen and oxygen atoms in total. The van der Waals surface area contributed by atoms with Gasteiger partial charge in [-0.25, -0.2) is 4.79 Å². The van der Waals surface area contributed by atoms with Crippen LogP contribution >= 0.6 is 11.6 Å². The minimum atomic E-state index is -0.544. The Hall–Kier alpha value is -4.24. The molecule has 0 atom stereocenters. The van der Waals surface area contributed by atoms with Crippen molar-refractivity contribution < 1.29 is 23.9 Å². The molecule has 1 amide bonds. The number of carbonyl (C=O) groups excluding carboxylic acids is 3. The summed E-state index contributed by atoms with van der Waals surface area (Å²) in [5.41, 5.74) is 7.18. The van der Waals surface area contributed by atoms with Crippen molar-refractivity contribution in [2.45, 2.75) is 20.8 Å². The van der Waals surface area contributed by atoms with Gasteiger partial charge in [-0.3, -0.25) is 20.0 Å². The molecule has 1 heterocycles. The van der Waals surface area contributed by atoms with Crippen molar-refractivity contribution in [2.75, 3.05) is 18.5 Å². The number of nitrogens with one attached hydrogen (secondary N) is 2. The Balaban J connectivity index is 0.00000456. The maximum atomic E-state index is 13.1. The summed E-state index contributed by atoms with van der Waals surface area (Å²) in [4.78, 5) is 41.7. The number of Topliss-reactive ketones (excluding diaryl/α,β-unsaturated/α-hetero) is 1. The van der Waals surface area contributed by atoms with E-state index >= 15 is 0 Å². The number of hydrogen-bond acceptors (Lipinski definition) is 7. The van der Waals surface area contributed by atoms with Crippen LogP contribution in [-0.4, -0.2) is 41.7 Å². The second-order valence-corrected chi connectivity index (χ2v) is 7.75. The first kappa shape index (κ1) is 28.0. The highest BCUT2D eigenvalue weighted by Gasteiger charge is 2.18. The van der Waals surface area contributed by atoms with E-state index in [1.165, 1.54) is 36.5 Å². The van der Waals surface area contributed by atoms with Crippen LogP contribution in [0.1, 0.15) is 46.3 Å². The molecule has 3 rings (SSSR count). The summed E-state index contributed by atoms with van der Waals surface area (Å²) in [5, 5.41) is 10.6. The van der Waals surface area contributed by atoms with Crippen LogP contribution < -0.4 is 15.8 Å². The summed E-state index contributed by atoms with van der Waals surface area (Å²) in [6.45, 7) is 1.58. The lowest BCUT2D eigenvalue weighted by Crippen LogP contribution is -2.17. The Kier molecular flexibility index (Phi) is 10.1.